The van der Waals surface area contributed by atoms with Gasteiger partial charge in [-0.3, -0.25) is 9.59 Å². The largest absolute Gasteiger partial charge is 0.493 e. The second-order valence-electron chi connectivity index (χ2n) is 8.75. The minimum Gasteiger partial charge on any atom is -0.493 e. The highest BCUT2D eigenvalue weighted by atomic mass is 16.7. The van der Waals surface area contributed by atoms with Crippen molar-refractivity contribution in [2.24, 2.45) is 0 Å². The number of benzene rings is 2. The maximum atomic E-state index is 13.9. The van der Waals surface area contributed by atoms with Crippen molar-refractivity contribution in [3.63, 3.8) is 0 Å². The first-order valence-corrected chi connectivity index (χ1v) is 12.9. The number of methoxy groups -OCH3 is 2. The Balaban J connectivity index is 2.40. The van der Waals surface area contributed by atoms with Crippen LogP contribution in [0.3, 0.4) is 0 Å². The number of carboxylic acid groups (broad SMARTS) is 1. The van der Waals surface area contributed by atoms with Crippen LogP contribution in [0.4, 0.5) is 0 Å². The molecule has 0 amide bonds. The molecule has 0 aliphatic carbocycles. The predicted octanol–water partition coefficient (Wildman–Crippen LogP) is 5.91. The van der Waals surface area contributed by atoms with E-state index in [0.29, 0.717) is 6.29 Å². The van der Waals surface area contributed by atoms with Gasteiger partial charge in [-0.25, -0.2) is 4.79 Å². The summed E-state index contributed by atoms with van der Waals surface area (Å²) in [4.78, 5) is 37.6. The van der Waals surface area contributed by atoms with Crippen LogP contribution in [0.1, 0.15) is 94.9 Å². The third kappa shape index (κ3) is 9.15. The molecule has 38 heavy (non-hydrogen) atoms. The van der Waals surface area contributed by atoms with E-state index < -0.39 is 11.8 Å². The summed E-state index contributed by atoms with van der Waals surface area (Å²) in [6.07, 6.45) is 9.36. The summed E-state index contributed by atoms with van der Waals surface area (Å²) < 4.78 is 27.1. The zero-order valence-electron chi connectivity index (χ0n) is 22.5. The van der Waals surface area contributed by atoms with Gasteiger partial charge in [-0.15, -0.1) is 0 Å². The van der Waals surface area contributed by atoms with Gasteiger partial charge in [-0.2, -0.15) is 0 Å². The van der Waals surface area contributed by atoms with E-state index in [2.05, 4.69) is 6.92 Å². The Morgan fingerprint density at radius 3 is 1.95 bits per heavy atom. The lowest BCUT2D eigenvalue weighted by atomic mass is 9.95. The number of carboxylic acids is 1. The van der Waals surface area contributed by atoms with Crippen molar-refractivity contribution in [3.8, 4) is 17.2 Å². The first-order chi connectivity index (χ1) is 18.5. The molecule has 0 spiro atoms. The molecule has 2 aromatic rings. The normalized spacial score (nSPS) is 10.7. The molecule has 0 unspecified atom stereocenters. The molecule has 0 aromatic heterocycles. The summed E-state index contributed by atoms with van der Waals surface area (Å²) in [7, 11) is 2.84. The van der Waals surface area contributed by atoms with Crippen molar-refractivity contribution in [2.45, 2.75) is 58.3 Å². The zero-order chi connectivity index (χ0) is 27.8. The zero-order valence-corrected chi connectivity index (χ0v) is 22.5. The average Bonchev–Trinajstić information content (AvgIpc) is 2.93. The van der Waals surface area contributed by atoms with Gasteiger partial charge in [-0.1, -0.05) is 64.0 Å². The number of aldehydes is 1. The number of carbonyl (C=O) groups is 3. The summed E-state index contributed by atoms with van der Waals surface area (Å²) in [5, 5.41) is 9.65. The highest BCUT2D eigenvalue weighted by Gasteiger charge is 2.28. The van der Waals surface area contributed by atoms with E-state index >= 15 is 0 Å². The van der Waals surface area contributed by atoms with Gasteiger partial charge in [-0.05, 0) is 24.6 Å². The Morgan fingerprint density at radius 2 is 1.37 bits per heavy atom. The van der Waals surface area contributed by atoms with Crippen LogP contribution < -0.4 is 14.2 Å². The monoisotopic (exact) mass is 530 g/mol. The van der Waals surface area contributed by atoms with Crippen molar-refractivity contribution in [2.75, 3.05) is 34.4 Å². The Kier molecular flexibility index (Phi) is 13.9. The minimum absolute atomic E-state index is 0.0122. The lowest BCUT2D eigenvalue weighted by molar-refractivity contribution is 0.0489. The second-order valence-corrected chi connectivity index (χ2v) is 8.75. The molecule has 0 radical (unpaired) electrons. The highest BCUT2D eigenvalue weighted by Crippen LogP contribution is 2.36. The molecular weight excluding hydrogens is 492 g/mol. The average molecular weight is 531 g/mol. The van der Waals surface area contributed by atoms with Crippen LogP contribution in [0.15, 0.2) is 30.3 Å². The molecule has 0 saturated carbocycles. The van der Waals surface area contributed by atoms with E-state index in [1.807, 2.05) is 0 Å². The molecule has 2 rings (SSSR count). The number of rotatable bonds is 20. The Hall–Kier alpha value is -3.43. The molecule has 1 N–H and O–H groups in total. The maximum absolute atomic E-state index is 13.9. The van der Waals surface area contributed by atoms with E-state index in [1.54, 1.807) is 12.1 Å². The van der Waals surface area contributed by atoms with Crippen LogP contribution >= 0.6 is 0 Å². The van der Waals surface area contributed by atoms with E-state index in [9.17, 15) is 19.5 Å². The summed E-state index contributed by atoms with van der Waals surface area (Å²) in [5.41, 5.74) is -0.0549. The standard InChI is InChI=1S/C29H38O9/c1-4-5-6-7-8-9-10-11-15-36-24-16-22(29(32)33)17-25(38-20-35-3)27(24)28(31)26-21(18-30)13-12-14-23(26)37-19-34-2/h12-14,16-18H,4-11,15,19-20H2,1-3H3,(H,32,33). The third-order valence-electron chi connectivity index (χ3n) is 5.87. The molecule has 208 valence electrons. The molecule has 0 atom stereocenters. The van der Waals surface area contributed by atoms with E-state index in [1.165, 1.54) is 58.1 Å². The Bertz CT molecular complexity index is 1050. The number of aromatic carboxylic acids is 1. The molecule has 9 heteroatoms. The summed E-state index contributed by atoms with van der Waals surface area (Å²) in [6, 6.07) is 7.14. The van der Waals surface area contributed by atoms with Crippen LogP contribution in [0.2, 0.25) is 0 Å². The van der Waals surface area contributed by atoms with Gasteiger partial charge in [0, 0.05) is 19.8 Å². The van der Waals surface area contributed by atoms with Crippen LogP contribution in [0.5, 0.6) is 17.2 Å². The van der Waals surface area contributed by atoms with Gasteiger partial charge in [0.05, 0.1) is 17.7 Å². The Labute approximate surface area is 224 Å². The van der Waals surface area contributed by atoms with Crippen LogP contribution in [0, 0.1) is 0 Å². The predicted molar refractivity (Wildman–Crippen MR) is 142 cm³/mol. The molecule has 9 nitrogen and oxygen atoms in total. The SMILES string of the molecule is CCCCCCCCCCOc1cc(C(=O)O)cc(OCOC)c1C(=O)c1c(C=O)cccc1OCOC. The number of hydrogen-bond acceptors (Lipinski definition) is 8. The number of hydrogen-bond donors (Lipinski definition) is 1. The number of unbranched alkanes of at least 4 members (excludes halogenated alkanes) is 7. The van der Waals surface area contributed by atoms with Gasteiger partial charge in [0.15, 0.2) is 19.9 Å². The summed E-state index contributed by atoms with van der Waals surface area (Å²) in [6.45, 7) is 2.09. The van der Waals surface area contributed by atoms with Gasteiger partial charge < -0.3 is 28.8 Å². The van der Waals surface area contributed by atoms with E-state index in [0.717, 1.165) is 25.7 Å². The topological polar surface area (TPSA) is 118 Å². The fourth-order valence-corrected chi connectivity index (χ4v) is 3.96. The maximum Gasteiger partial charge on any atom is 0.335 e. The highest BCUT2D eigenvalue weighted by molar-refractivity contribution is 6.17. The van der Waals surface area contributed by atoms with Crippen molar-refractivity contribution < 1.29 is 43.2 Å². The molecule has 0 saturated heterocycles. The van der Waals surface area contributed by atoms with Gasteiger partial charge in [0.25, 0.3) is 0 Å². The molecule has 0 aliphatic rings. The Morgan fingerprint density at radius 1 is 0.789 bits per heavy atom. The van der Waals surface area contributed by atoms with Crippen molar-refractivity contribution >= 4 is 18.0 Å². The van der Waals surface area contributed by atoms with E-state index in [-0.39, 0.29) is 59.7 Å². The first-order valence-electron chi connectivity index (χ1n) is 12.9. The van der Waals surface area contributed by atoms with Crippen molar-refractivity contribution in [1.29, 1.82) is 0 Å². The fourth-order valence-electron chi connectivity index (χ4n) is 3.96. The van der Waals surface area contributed by atoms with Crippen molar-refractivity contribution in [1.82, 2.24) is 0 Å². The van der Waals surface area contributed by atoms with E-state index in [4.69, 9.17) is 23.7 Å². The third-order valence-corrected chi connectivity index (χ3v) is 5.87. The molecule has 0 heterocycles. The summed E-state index contributed by atoms with van der Waals surface area (Å²) >= 11 is 0. The quantitative estimate of drug-likeness (QED) is 0.0964. The fraction of sp³-hybridized carbons (Fsp3) is 0.483. The lowest BCUT2D eigenvalue weighted by Gasteiger charge is -2.18. The molecule has 0 aliphatic heterocycles. The van der Waals surface area contributed by atoms with Gasteiger partial charge >= 0.3 is 5.97 Å². The molecule has 0 fully saturated rings. The molecule has 0 bridgehead atoms. The summed E-state index contributed by atoms with van der Waals surface area (Å²) in [5.74, 6) is -1.69. The minimum atomic E-state index is -1.21. The number of ketones is 1. The van der Waals surface area contributed by atoms with Gasteiger partial charge in [0.2, 0.25) is 5.78 Å². The number of ether oxygens (including phenoxy) is 5. The van der Waals surface area contributed by atoms with Crippen molar-refractivity contribution in [3.05, 3.63) is 52.6 Å². The number of carbonyl (C=O) groups excluding carboxylic acids is 2. The van der Waals surface area contributed by atoms with Crippen LogP contribution in [-0.4, -0.2) is 57.6 Å². The first kappa shape index (κ1) is 30.8. The second kappa shape index (κ2) is 17.1. The van der Waals surface area contributed by atoms with Crippen LogP contribution in [-0.2, 0) is 9.47 Å². The smallest absolute Gasteiger partial charge is 0.335 e. The van der Waals surface area contributed by atoms with Gasteiger partial charge in [0.1, 0.15) is 22.8 Å². The van der Waals surface area contributed by atoms with Crippen LogP contribution in [0.25, 0.3) is 0 Å². The molecular formula is C29H38O9. The lowest BCUT2D eigenvalue weighted by Crippen LogP contribution is -2.15. The molecule has 2 aromatic carbocycles.